The van der Waals surface area contributed by atoms with Gasteiger partial charge in [-0.1, -0.05) is 6.07 Å². The Morgan fingerprint density at radius 1 is 1.14 bits per heavy atom. The normalized spacial score (nSPS) is 21.7. The Morgan fingerprint density at radius 3 is 2.61 bits per heavy atom. The monoisotopic (exact) mass is 498 g/mol. The Bertz CT molecular complexity index is 1060. The maximum atomic E-state index is 13.2. The summed E-state index contributed by atoms with van der Waals surface area (Å²) in [4.78, 5) is 27.3. The van der Waals surface area contributed by atoms with Gasteiger partial charge in [-0.25, -0.2) is 4.39 Å². The molecule has 2 aromatic carbocycles. The van der Waals surface area contributed by atoms with Crippen LogP contribution in [0.3, 0.4) is 0 Å². The van der Waals surface area contributed by atoms with Gasteiger partial charge in [0.05, 0.1) is 20.8 Å². The zero-order valence-electron chi connectivity index (χ0n) is 21.1. The number of carbonyl (C=O) groups is 2. The Hall–Kier alpha value is -3.29. The molecule has 0 aromatic heterocycles. The van der Waals surface area contributed by atoms with E-state index in [0.717, 1.165) is 24.9 Å². The molecule has 0 unspecified atom stereocenters. The molecular formula is C28H35FN2O5. The van der Waals surface area contributed by atoms with E-state index in [4.69, 9.17) is 14.2 Å². The fourth-order valence-electron chi connectivity index (χ4n) is 5.24. The molecule has 4 rings (SSSR count). The third-order valence-electron chi connectivity index (χ3n) is 7.21. The van der Waals surface area contributed by atoms with E-state index in [-0.39, 0.29) is 23.5 Å². The first kappa shape index (κ1) is 25.8. The van der Waals surface area contributed by atoms with E-state index < -0.39 is 5.54 Å². The van der Waals surface area contributed by atoms with Gasteiger partial charge in [-0.15, -0.1) is 0 Å². The average Bonchev–Trinajstić information content (AvgIpc) is 3.27. The lowest BCUT2D eigenvalue weighted by molar-refractivity contribution is -0.134. The molecule has 36 heavy (non-hydrogen) atoms. The van der Waals surface area contributed by atoms with E-state index in [1.54, 1.807) is 26.4 Å². The van der Waals surface area contributed by atoms with Crippen LogP contribution >= 0.6 is 0 Å². The van der Waals surface area contributed by atoms with Crippen LogP contribution < -0.4 is 19.5 Å². The standard InChI is InChI=1S/C28H35FN2O5/c1-34-24-10-5-20(16-25(24)35-2)17-28(13-11-26(32)30-28)14-12-27(33)31-15-3-4-21(18-31)19-36-23-8-6-22(29)7-9-23/h5-10,16,21H,3-4,11-15,17-19H2,1-2H3,(H,30,32)/t21-,28+/m1/s1. The number of likely N-dealkylation sites (tertiary alicyclic amines) is 1. The van der Waals surface area contributed by atoms with Crippen molar-refractivity contribution >= 4 is 11.8 Å². The molecular weight excluding hydrogens is 463 g/mol. The molecule has 1 N–H and O–H groups in total. The Kier molecular flexibility index (Phi) is 8.33. The van der Waals surface area contributed by atoms with Crippen LogP contribution in [-0.4, -0.2) is 56.2 Å². The highest BCUT2D eigenvalue weighted by Gasteiger charge is 2.38. The molecule has 0 aliphatic carbocycles. The van der Waals surface area contributed by atoms with Crippen LogP contribution in [0.5, 0.6) is 17.2 Å². The quantitative estimate of drug-likeness (QED) is 0.533. The maximum absolute atomic E-state index is 13.2. The number of methoxy groups -OCH3 is 2. The maximum Gasteiger partial charge on any atom is 0.222 e. The summed E-state index contributed by atoms with van der Waals surface area (Å²) in [6.07, 6.45) is 4.66. The second kappa shape index (κ2) is 11.6. The van der Waals surface area contributed by atoms with Crippen molar-refractivity contribution in [3.8, 4) is 17.2 Å². The molecule has 194 valence electrons. The van der Waals surface area contributed by atoms with E-state index >= 15 is 0 Å². The number of halogens is 1. The van der Waals surface area contributed by atoms with E-state index in [1.165, 1.54) is 12.1 Å². The summed E-state index contributed by atoms with van der Waals surface area (Å²) in [6, 6.07) is 11.8. The van der Waals surface area contributed by atoms with Crippen molar-refractivity contribution in [3.63, 3.8) is 0 Å². The molecule has 2 heterocycles. The summed E-state index contributed by atoms with van der Waals surface area (Å²) >= 11 is 0. The van der Waals surface area contributed by atoms with Crippen molar-refractivity contribution in [2.24, 2.45) is 5.92 Å². The predicted molar refractivity (Wildman–Crippen MR) is 134 cm³/mol. The molecule has 2 aromatic rings. The topological polar surface area (TPSA) is 77.1 Å². The average molecular weight is 499 g/mol. The van der Waals surface area contributed by atoms with Crippen molar-refractivity contribution in [1.82, 2.24) is 10.2 Å². The van der Waals surface area contributed by atoms with Crippen LogP contribution in [0.4, 0.5) is 4.39 Å². The van der Waals surface area contributed by atoms with Crippen molar-refractivity contribution in [2.45, 2.75) is 50.5 Å². The van der Waals surface area contributed by atoms with Gasteiger partial charge < -0.3 is 24.4 Å². The number of amides is 2. The minimum Gasteiger partial charge on any atom is -0.493 e. The first-order chi connectivity index (χ1) is 17.4. The van der Waals surface area contributed by atoms with E-state index in [1.807, 2.05) is 23.1 Å². The lowest BCUT2D eigenvalue weighted by atomic mass is 9.84. The summed E-state index contributed by atoms with van der Waals surface area (Å²) < 4.78 is 29.7. The molecule has 2 atom stereocenters. The van der Waals surface area contributed by atoms with Gasteiger partial charge in [-0.05, 0) is 74.1 Å². The van der Waals surface area contributed by atoms with Crippen molar-refractivity contribution < 1.29 is 28.2 Å². The highest BCUT2D eigenvalue weighted by Crippen LogP contribution is 2.34. The van der Waals surface area contributed by atoms with Gasteiger partial charge in [-0.3, -0.25) is 9.59 Å². The minimum atomic E-state index is -0.451. The first-order valence-corrected chi connectivity index (χ1v) is 12.6. The Balaban J connectivity index is 1.34. The van der Waals surface area contributed by atoms with E-state index in [2.05, 4.69) is 5.32 Å². The van der Waals surface area contributed by atoms with Gasteiger partial charge in [0, 0.05) is 37.4 Å². The molecule has 2 aliphatic rings. The van der Waals surface area contributed by atoms with Crippen LogP contribution in [-0.2, 0) is 16.0 Å². The molecule has 2 saturated heterocycles. The van der Waals surface area contributed by atoms with Crippen LogP contribution in [0, 0.1) is 11.7 Å². The Morgan fingerprint density at radius 2 is 1.92 bits per heavy atom. The van der Waals surface area contributed by atoms with Crippen LogP contribution in [0.15, 0.2) is 42.5 Å². The highest BCUT2D eigenvalue weighted by atomic mass is 19.1. The van der Waals surface area contributed by atoms with Crippen molar-refractivity contribution in [3.05, 3.63) is 53.8 Å². The predicted octanol–water partition coefficient (Wildman–Crippen LogP) is 4.13. The molecule has 0 saturated carbocycles. The van der Waals surface area contributed by atoms with E-state index in [0.29, 0.717) is 62.5 Å². The molecule has 0 radical (unpaired) electrons. The van der Waals surface area contributed by atoms with Gasteiger partial charge >= 0.3 is 0 Å². The second-order valence-electron chi connectivity index (χ2n) is 9.81. The van der Waals surface area contributed by atoms with Gasteiger partial charge in [-0.2, -0.15) is 0 Å². The molecule has 0 bridgehead atoms. The molecule has 7 nitrogen and oxygen atoms in total. The zero-order valence-corrected chi connectivity index (χ0v) is 21.1. The lowest BCUT2D eigenvalue weighted by Gasteiger charge is -2.34. The number of nitrogens with zero attached hydrogens (tertiary/aromatic N) is 1. The number of piperidine rings is 1. The third-order valence-corrected chi connectivity index (χ3v) is 7.21. The highest BCUT2D eigenvalue weighted by molar-refractivity contribution is 5.80. The number of rotatable bonds is 10. The van der Waals surface area contributed by atoms with Crippen molar-refractivity contribution in [1.29, 1.82) is 0 Å². The van der Waals surface area contributed by atoms with Gasteiger partial charge in [0.1, 0.15) is 11.6 Å². The van der Waals surface area contributed by atoms with Gasteiger partial charge in [0.2, 0.25) is 11.8 Å². The molecule has 2 fully saturated rings. The molecule has 0 spiro atoms. The smallest absolute Gasteiger partial charge is 0.222 e. The second-order valence-corrected chi connectivity index (χ2v) is 9.81. The minimum absolute atomic E-state index is 0.0268. The summed E-state index contributed by atoms with van der Waals surface area (Å²) in [6.45, 7) is 1.88. The summed E-state index contributed by atoms with van der Waals surface area (Å²) in [5.74, 6) is 2.01. The summed E-state index contributed by atoms with van der Waals surface area (Å²) in [5.41, 5.74) is 0.575. The fraction of sp³-hybridized carbons (Fsp3) is 0.500. The number of hydrogen-bond acceptors (Lipinski definition) is 5. The van der Waals surface area contributed by atoms with Crippen LogP contribution in [0.25, 0.3) is 0 Å². The largest absolute Gasteiger partial charge is 0.493 e. The number of ether oxygens (including phenoxy) is 3. The van der Waals surface area contributed by atoms with Crippen LogP contribution in [0.1, 0.15) is 44.1 Å². The van der Waals surface area contributed by atoms with Gasteiger partial charge in [0.15, 0.2) is 11.5 Å². The number of nitrogens with one attached hydrogen (secondary N) is 1. The SMILES string of the molecule is COc1ccc(C[C@@]2(CCC(=O)N3CCC[C@@H](COc4ccc(F)cc4)C3)CCC(=O)N2)cc1OC. The fourth-order valence-corrected chi connectivity index (χ4v) is 5.24. The van der Waals surface area contributed by atoms with Crippen molar-refractivity contribution in [2.75, 3.05) is 33.9 Å². The lowest BCUT2D eigenvalue weighted by Crippen LogP contribution is -2.46. The van der Waals surface area contributed by atoms with Crippen LogP contribution in [0.2, 0.25) is 0 Å². The molecule has 2 amide bonds. The Labute approximate surface area is 211 Å². The summed E-state index contributed by atoms with van der Waals surface area (Å²) in [7, 11) is 3.20. The summed E-state index contributed by atoms with van der Waals surface area (Å²) in [5, 5.41) is 3.16. The first-order valence-electron chi connectivity index (χ1n) is 12.6. The number of carbonyl (C=O) groups excluding carboxylic acids is 2. The van der Waals surface area contributed by atoms with Gasteiger partial charge in [0.25, 0.3) is 0 Å². The third kappa shape index (κ3) is 6.47. The van der Waals surface area contributed by atoms with E-state index in [9.17, 15) is 14.0 Å². The molecule has 8 heteroatoms. The number of benzene rings is 2. The number of hydrogen-bond donors (Lipinski definition) is 1. The molecule has 2 aliphatic heterocycles. The zero-order chi connectivity index (χ0) is 25.5.